The van der Waals surface area contributed by atoms with Crippen LogP contribution < -0.4 is 20.5 Å². The minimum absolute atomic E-state index is 0.105. The Morgan fingerprint density at radius 2 is 2.17 bits per heavy atom. The van der Waals surface area contributed by atoms with Gasteiger partial charge in [-0.3, -0.25) is 9.59 Å². The normalized spacial score (nSPS) is 11.2. The maximum Gasteiger partial charge on any atom is 0.259 e. The van der Waals surface area contributed by atoms with E-state index in [1.807, 2.05) is 20.8 Å². The third kappa shape index (κ3) is 4.63. The number of fused-ring (bicyclic) bond motifs is 1. The number of amides is 1. The van der Waals surface area contributed by atoms with E-state index in [1.54, 1.807) is 12.1 Å². The van der Waals surface area contributed by atoms with Gasteiger partial charge in [-0.2, -0.15) is 5.10 Å². The Labute approximate surface area is 181 Å². The van der Waals surface area contributed by atoms with Gasteiger partial charge in [0.2, 0.25) is 5.91 Å². The van der Waals surface area contributed by atoms with Crippen LogP contribution in [-0.2, 0) is 11.2 Å². The molecule has 2 heterocycles. The molecule has 2 aromatic heterocycles. The third-order valence-corrected chi connectivity index (χ3v) is 5.74. The van der Waals surface area contributed by atoms with E-state index in [1.165, 1.54) is 24.7 Å². The van der Waals surface area contributed by atoms with Crippen LogP contribution in [0.5, 0.6) is 11.5 Å². The Kier molecular flexibility index (Phi) is 6.73. The van der Waals surface area contributed by atoms with Gasteiger partial charge in [-0.05, 0) is 44.0 Å². The number of aromatic amines is 1. The molecule has 0 saturated carbocycles. The number of aromatic nitrogens is 2. The summed E-state index contributed by atoms with van der Waals surface area (Å²) in [4.78, 5) is 33.2. The van der Waals surface area contributed by atoms with Crippen molar-refractivity contribution in [3.8, 4) is 11.5 Å². The van der Waals surface area contributed by atoms with Gasteiger partial charge in [0.25, 0.3) is 5.56 Å². The van der Waals surface area contributed by atoms with Gasteiger partial charge >= 0.3 is 0 Å². The summed E-state index contributed by atoms with van der Waals surface area (Å²) in [6.45, 7) is 6.12. The van der Waals surface area contributed by atoms with Gasteiger partial charge in [-0.1, -0.05) is 11.6 Å². The topological polar surface area (TPSA) is 106 Å². The molecule has 0 radical (unpaired) electrons. The summed E-state index contributed by atoms with van der Waals surface area (Å²) >= 11 is 7.65. The number of aryl methyl sites for hydroxylation is 2. The molecule has 0 atom stereocenters. The second kappa shape index (κ2) is 9.27. The predicted molar refractivity (Wildman–Crippen MR) is 118 cm³/mol. The fraction of sp³-hybridized carbons (Fsp3) is 0.300. The van der Waals surface area contributed by atoms with E-state index < -0.39 is 5.91 Å². The number of halogens is 1. The van der Waals surface area contributed by atoms with Gasteiger partial charge < -0.3 is 14.5 Å². The zero-order valence-corrected chi connectivity index (χ0v) is 18.5. The molecule has 0 aliphatic carbocycles. The second-order valence-corrected chi connectivity index (χ2v) is 8.02. The monoisotopic (exact) mass is 448 g/mol. The highest BCUT2D eigenvalue weighted by Crippen LogP contribution is 2.36. The zero-order chi connectivity index (χ0) is 21.8. The highest BCUT2D eigenvalue weighted by molar-refractivity contribution is 7.18. The van der Waals surface area contributed by atoms with Gasteiger partial charge in [0.1, 0.15) is 10.7 Å². The molecular weight excluding hydrogens is 428 g/mol. The van der Waals surface area contributed by atoms with Crippen molar-refractivity contribution in [3.63, 3.8) is 0 Å². The quantitative estimate of drug-likeness (QED) is 0.426. The van der Waals surface area contributed by atoms with Crippen LogP contribution in [-0.4, -0.2) is 35.8 Å². The molecule has 0 aliphatic rings. The van der Waals surface area contributed by atoms with Crippen LogP contribution in [0.15, 0.2) is 22.0 Å². The number of hydrazone groups is 1. The molecule has 0 fully saturated rings. The average molecular weight is 449 g/mol. The van der Waals surface area contributed by atoms with E-state index >= 15 is 0 Å². The minimum Gasteiger partial charge on any atom is -0.493 e. The summed E-state index contributed by atoms with van der Waals surface area (Å²) in [5, 5.41) is 4.88. The fourth-order valence-electron chi connectivity index (χ4n) is 2.85. The number of carbonyl (C=O) groups is 1. The molecule has 3 aromatic rings. The summed E-state index contributed by atoms with van der Waals surface area (Å²) in [6.07, 6.45) is 1.33. The number of hydrogen-bond donors (Lipinski definition) is 2. The molecule has 0 aliphatic heterocycles. The summed E-state index contributed by atoms with van der Waals surface area (Å²) in [7, 11) is 1.51. The molecule has 158 valence electrons. The van der Waals surface area contributed by atoms with Crippen molar-refractivity contribution in [2.24, 2.45) is 5.10 Å². The van der Waals surface area contributed by atoms with Crippen LogP contribution in [0.1, 0.15) is 28.8 Å². The molecule has 10 heteroatoms. The lowest BCUT2D eigenvalue weighted by Gasteiger charge is -2.11. The number of thiophene rings is 1. The van der Waals surface area contributed by atoms with E-state index in [9.17, 15) is 9.59 Å². The Morgan fingerprint density at radius 3 is 2.87 bits per heavy atom. The number of hydrogen-bond acceptors (Lipinski definition) is 7. The van der Waals surface area contributed by atoms with E-state index in [0.717, 1.165) is 10.4 Å². The summed E-state index contributed by atoms with van der Waals surface area (Å²) in [5.41, 5.74) is 3.71. The summed E-state index contributed by atoms with van der Waals surface area (Å²) in [5.74, 6) is 0.788. The molecule has 0 unspecified atom stereocenters. The molecule has 8 nitrogen and oxygen atoms in total. The van der Waals surface area contributed by atoms with Crippen molar-refractivity contribution >= 4 is 45.3 Å². The Bertz CT molecular complexity index is 1190. The number of rotatable bonds is 7. The van der Waals surface area contributed by atoms with Crippen molar-refractivity contribution < 1.29 is 14.3 Å². The maximum absolute atomic E-state index is 12.3. The van der Waals surface area contributed by atoms with Gasteiger partial charge in [-0.25, -0.2) is 10.4 Å². The maximum atomic E-state index is 12.3. The van der Waals surface area contributed by atoms with Crippen molar-refractivity contribution in [3.05, 3.63) is 49.3 Å². The van der Waals surface area contributed by atoms with Crippen LogP contribution in [0.4, 0.5) is 0 Å². The number of H-pyrrole nitrogens is 1. The Hall–Kier alpha value is -2.91. The van der Waals surface area contributed by atoms with Crippen LogP contribution in [0.25, 0.3) is 10.2 Å². The molecule has 1 aromatic carbocycles. The molecule has 0 bridgehead atoms. The molecular formula is C20H21ClN4O4S. The smallest absolute Gasteiger partial charge is 0.259 e. The SMILES string of the molecule is CCOc1c(Cl)cc(/C=N/NC(=O)Cc2nc3sc(C)c(C)c3c(=O)[nH]2)cc1OC. The number of nitrogens with zero attached hydrogens (tertiary/aromatic N) is 2. The van der Waals surface area contributed by atoms with Crippen molar-refractivity contribution in [2.75, 3.05) is 13.7 Å². The van der Waals surface area contributed by atoms with E-state index in [2.05, 4.69) is 20.5 Å². The van der Waals surface area contributed by atoms with Crippen LogP contribution >= 0.6 is 22.9 Å². The molecule has 0 saturated heterocycles. The number of benzene rings is 1. The molecule has 1 amide bonds. The third-order valence-electron chi connectivity index (χ3n) is 4.36. The molecule has 3 rings (SSSR count). The van der Waals surface area contributed by atoms with Gasteiger partial charge in [0, 0.05) is 4.88 Å². The first-order valence-corrected chi connectivity index (χ1v) is 10.3. The predicted octanol–water partition coefficient (Wildman–Crippen LogP) is 3.35. The molecule has 0 spiro atoms. The second-order valence-electron chi connectivity index (χ2n) is 6.41. The minimum atomic E-state index is -0.414. The number of nitrogens with one attached hydrogen (secondary N) is 2. The number of ether oxygens (including phenoxy) is 2. The summed E-state index contributed by atoms with van der Waals surface area (Å²) in [6, 6.07) is 3.35. The van der Waals surface area contributed by atoms with Gasteiger partial charge in [-0.15, -0.1) is 11.3 Å². The lowest BCUT2D eigenvalue weighted by molar-refractivity contribution is -0.120. The van der Waals surface area contributed by atoms with Crippen molar-refractivity contribution in [1.82, 2.24) is 15.4 Å². The summed E-state index contributed by atoms with van der Waals surface area (Å²) < 4.78 is 10.7. The fourth-order valence-corrected chi connectivity index (χ4v) is 4.17. The highest BCUT2D eigenvalue weighted by atomic mass is 35.5. The molecule has 2 N–H and O–H groups in total. The first kappa shape index (κ1) is 21.8. The first-order chi connectivity index (χ1) is 14.3. The Balaban J connectivity index is 1.70. The van der Waals surface area contributed by atoms with Gasteiger partial charge in [0.05, 0.1) is 36.8 Å². The largest absolute Gasteiger partial charge is 0.493 e. The first-order valence-electron chi connectivity index (χ1n) is 9.15. The van der Waals surface area contributed by atoms with Crippen LogP contribution in [0.2, 0.25) is 5.02 Å². The number of methoxy groups -OCH3 is 1. The zero-order valence-electron chi connectivity index (χ0n) is 17.0. The van der Waals surface area contributed by atoms with Crippen LogP contribution in [0.3, 0.4) is 0 Å². The average Bonchev–Trinajstić information content (AvgIpc) is 2.97. The van der Waals surface area contributed by atoms with E-state index in [0.29, 0.717) is 38.9 Å². The van der Waals surface area contributed by atoms with E-state index in [-0.39, 0.29) is 17.8 Å². The molecule has 30 heavy (non-hydrogen) atoms. The van der Waals surface area contributed by atoms with Gasteiger partial charge in [0.15, 0.2) is 11.5 Å². The lowest BCUT2D eigenvalue weighted by Crippen LogP contribution is -2.23. The standard InChI is InChI=1S/C20H21ClN4O4S/c1-5-29-18-13(21)6-12(7-14(18)28-4)9-22-25-16(26)8-15-23-19(27)17-10(2)11(3)30-20(17)24-15/h6-7,9H,5,8H2,1-4H3,(H,25,26)(H,23,24,27)/b22-9+. The lowest BCUT2D eigenvalue weighted by atomic mass is 10.2. The highest BCUT2D eigenvalue weighted by Gasteiger charge is 2.14. The van der Waals surface area contributed by atoms with Crippen molar-refractivity contribution in [2.45, 2.75) is 27.2 Å². The van der Waals surface area contributed by atoms with Crippen LogP contribution in [0, 0.1) is 13.8 Å². The van der Waals surface area contributed by atoms with Crippen molar-refractivity contribution in [1.29, 1.82) is 0 Å². The Morgan fingerprint density at radius 1 is 1.40 bits per heavy atom. The van der Waals surface area contributed by atoms with E-state index in [4.69, 9.17) is 21.1 Å². The number of carbonyl (C=O) groups excluding carboxylic acids is 1.